The number of aliphatic hydroxyl groups is 1. The molecule has 0 bridgehead atoms. The summed E-state index contributed by atoms with van der Waals surface area (Å²) >= 11 is 3.64. The summed E-state index contributed by atoms with van der Waals surface area (Å²) in [7, 11) is 3.28. The summed E-state index contributed by atoms with van der Waals surface area (Å²) in [6.07, 6.45) is 9.60. The van der Waals surface area contributed by atoms with E-state index in [-0.39, 0.29) is 5.41 Å². The Balaban J connectivity index is 1.95. The Hall–Kier alpha value is -1.52. The molecule has 2 aliphatic rings. The van der Waals surface area contributed by atoms with Gasteiger partial charge in [0, 0.05) is 16.1 Å². The Morgan fingerprint density at radius 3 is 2.40 bits per heavy atom. The standard InChI is InChI=1S/C26H35BrO3/c1-8-20-21(15-24(20,3)4)25(5)11-10-17(26(28,9-2)16-25)12-19-22(27)13-18(29-6)14-23(19)30-7/h8-9,12-14,20-21,28H,1-2,10-11,15-16H2,3-7H3/b17-12+/t20-,21+,25+,26-/m1/s1. The summed E-state index contributed by atoms with van der Waals surface area (Å²) in [5.41, 5.74) is 1.19. The van der Waals surface area contributed by atoms with Crippen LogP contribution < -0.4 is 9.47 Å². The predicted molar refractivity (Wildman–Crippen MR) is 128 cm³/mol. The Bertz CT molecular complexity index is 871. The Morgan fingerprint density at radius 1 is 1.17 bits per heavy atom. The molecule has 164 valence electrons. The van der Waals surface area contributed by atoms with Crippen molar-refractivity contribution >= 4 is 22.0 Å². The van der Waals surface area contributed by atoms with Gasteiger partial charge in [-0.05, 0) is 82.0 Å². The van der Waals surface area contributed by atoms with Crippen LogP contribution >= 0.6 is 15.9 Å². The molecule has 0 heterocycles. The molecule has 4 heteroatoms. The first kappa shape index (κ1) is 23.1. The Labute approximate surface area is 190 Å². The van der Waals surface area contributed by atoms with Crippen LogP contribution in [0, 0.1) is 22.7 Å². The van der Waals surface area contributed by atoms with Gasteiger partial charge in [-0.15, -0.1) is 6.58 Å². The first-order valence-electron chi connectivity index (χ1n) is 10.6. The van der Waals surface area contributed by atoms with Crippen LogP contribution in [0.15, 0.2) is 47.5 Å². The molecule has 0 spiro atoms. The highest BCUT2D eigenvalue weighted by atomic mass is 79.9. The lowest BCUT2D eigenvalue weighted by atomic mass is 9.45. The zero-order chi connectivity index (χ0) is 22.3. The fourth-order valence-electron chi connectivity index (χ4n) is 5.72. The first-order chi connectivity index (χ1) is 14.0. The molecule has 0 radical (unpaired) electrons. The quantitative estimate of drug-likeness (QED) is 0.460. The normalized spacial score (nSPS) is 34.2. The van der Waals surface area contributed by atoms with Crippen molar-refractivity contribution in [3.05, 3.63) is 53.1 Å². The van der Waals surface area contributed by atoms with Crippen molar-refractivity contribution in [3.8, 4) is 11.5 Å². The summed E-state index contributed by atoms with van der Waals surface area (Å²) in [6.45, 7) is 15.1. The van der Waals surface area contributed by atoms with Crippen LogP contribution in [-0.4, -0.2) is 24.9 Å². The predicted octanol–water partition coefficient (Wildman–Crippen LogP) is 6.81. The van der Waals surface area contributed by atoms with Crippen molar-refractivity contribution in [2.45, 2.75) is 52.1 Å². The van der Waals surface area contributed by atoms with Crippen LogP contribution in [0.2, 0.25) is 0 Å². The zero-order valence-electron chi connectivity index (χ0n) is 18.9. The van der Waals surface area contributed by atoms with E-state index in [9.17, 15) is 5.11 Å². The number of ether oxygens (including phenoxy) is 2. The van der Waals surface area contributed by atoms with E-state index < -0.39 is 5.60 Å². The van der Waals surface area contributed by atoms with Gasteiger partial charge < -0.3 is 14.6 Å². The zero-order valence-corrected chi connectivity index (χ0v) is 20.5. The molecule has 2 aliphatic carbocycles. The van der Waals surface area contributed by atoms with Gasteiger partial charge in [-0.2, -0.15) is 0 Å². The maximum atomic E-state index is 11.7. The maximum Gasteiger partial charge on any atom is 0.130 e. The van der Waals surface area contributed by atoms with E-state index in [1.165, 1.54) is 6.42 Å². The van der Waals surface area contributed by atoms with Crippen LogP contribution in [0.5, 0.6) is 11.5 Å². The van der Waals surface area contributed by atoms with Gasteiger partial charge in [0.25, 0.3) is 0 Å². The number of hydrogen-bond donors (Lipinski definition) is 1. The van der Waals surface area contributed by atoms with Gasteiger partial charge in [0.2, 0.25) is 0 Å². The SMILES string of the molecule is C=C[C@@H]1[C@@H]([C@@]2(C)CC/C(=C\c3c(Br)cc(OC)cc3OC)[C@@](O)(C=C)C2)CC1(C)C. The summed E-state index contributed by atoms with van der Waals surface area (Å²) in [5, 5.41) is 11.7. The third-order valence-corrected chi connectivity index (χ3v) is 8.26. The van der Waals surface area contributed by atoms with E-state index in [2.05, 4.69) is 62.0 Å². The third kappa shape index (κ3) is 3.89. The summed E-state index contributed by atoms with van der Waals surface area (Å²) < 4.78 is 11.8. The van der Waals surface area contributed by atoms with E-state index in [0.717, 1.165) is 34.2 Å². The van der Waals surface area contributed by atoms with Crippen LogP contribution in [0.1, 0.15) is 52.0 Å². The fourth-order valence-corrected chi connectivity index (χ4v) is 6.25. The van der Waals surface area contributed by atoms with E-state index >= 15 is 0 Å². The van der Waals surface area contributed by atoms with Crippen LogP contribution in [0.4, 0.5) is 0 Å². The monoisotopic (exact) mass is 474 g/mol. The largest absolute Gasteiger partial charge is 0.497 e. The van der Waals surface area contributed by atoms with Crippen molar-refractivity contribution in [2.75, 3.05) is 14.2 Å². The van der Waals surface area contributed by atoms with Crippen molar-refractivity contribution in [3.63, 3.8) is 0 Å². The molecular formula is C26H35BrO3. The second-order valence-electron chi connectivity index (χ2n) is 9.91. The highest BCUT2D eigenvalue weighted by molar-refractivity contribution is 9.10. The lowest BCUT2D eigenvalue weighted by Gasteiger charge is -2.60. The highest BCUT2D eigenvalue weighted by Crippen LogP contribution is 2.63. The number of methoxy groups -OCH3 is 2. The Morgan fingerprint density at radius 2 is 1.87 bits per heavy atom. The van der Waals surface area contributed by atoms with E-state index in [1.54, 1.807) is 20.3 Å². The van der Waals surface area contributed by atoms with Crippen LogP contribution in [-0.2, 0) is 0 Å². The average molecular weight is 475 g/mol. The minimum Gasteiger partial charge on any atom is -0.497 e. The molecule has 1 N–H and O–H groups in total. The lowest BCUT2D eigenvalue weighted by Crippen LogP contribution is -2.54. The van der Waals surface area contributed by atoms with Gasteiger partial charge in [-0.25, -0.2) is 0 Å². The van der Waals surface area contributed by atoms with Gasteiger partial charge in [0.15, 0.2) is 0 Å². The van der Waals surface area contributed by atoms with Crippen molar-refractivity contribution < 1.29 is 14.6 Å². The number of hydrogen-bond acceptors (Lipinski definition) is 3. The fraction of sp³-hybridized carbons (Fsp3) is 0.538. The number of benzene rings is 1. The maximum absolute atomic E-state index is 11.7. The highest BCUT2D eigenvalue weighted by Gasteiger charge is 2.56. The van der Waals surface area contributed by atoms with Crippen molar-refractivity contribution in [1.29, 1.82) is 0 Å². The first-order valence-corrected chi connectivity index (χ1v) is 11.4. The number of allylic oxidation sites excluding steroid dienone is 1. The molecule has 0 aromatic heterocycles. The summed E-state index contributed by atoms with van der Waals surface area (Å²) in [6, 6.07) is 3.78. The van der Waals surface area contributed by atoms with Gasteiger partial charge in [-0.1, -0.05) is 39.5 Å². The lowest BCUT2D eigenvalue weighted by molar-refractivity contribution is -0.0969. The Kier molecular flexibility index (Phi) is 6.33. The van der Waals surface area contributed by atoms with Crippen LogP contribution in [0.3, 0.4) is 0 Å². The topological polar surface area (TPSA) is 38.7 Å². The molecule has 2 fully saturated rings. The second kappa shape index (κ2) is 8.20. The molecule has 1 aromatic rings. The second-order valence-corrected chi connectivity index (χ2v) is 10.8. The third-order valence-electron chi connectivity index (χ3n) is 7.60. The molecule has 0 aliphatic heterocycles. The van der Waals surface area contributed by atoms with Crippen molar-refractivity contribution in [1.82, 2.24) is 0 Å². The van der Waals surface area contributed by atoms with Gasteiger partial charge >= 0.3 is 0 Å². The molecule has 3 rings (SSSR count). The van der Waals surface area contributed by atoms with Gasteiger partial charge in [-0.3, -0.25) is 0 Å². The van der Waals surface area contributed by atoms with E-state index in [4.69, 9.17) is 9.47 Å². The number of halogens is 1. The number of rotatable bonds is 6. The molecule has 1 aromatic carbocycles. The minimum absolute atomic E-state index is 0.0515. The summed E-state index contributed by atoms with van der Waals surface area (Å²) in [5.74, 6) is 2.46. The van der Waals surface area contributed by atoms with E-state index in [0.29, 0.717) is 29.4 Å². The molecule has 4 atom stereocenters. The smallest absolute Gasteiger partial charge is 0.130 e. The van der Waals surface area contributed by atoms with Gasteiger partial charge in [0.1, 0.15) is 17.1 Å². The average Bonchev–Trinajstić information content (AvgIpc) is 2.69. The van der Waals surface area contributed by atoms with Crippen molar-refractivity contribution in [2.24, 2.45) is 22.7 Å². The van der Waals surface area contributed by atoms with E-state index in [1.807, 2.05) is 12.1 Å². The molecule has 2 saturated carbocycles. The molecular weight excluding hydrogens is 440 g/mol. The van der Waals surface area contributed by atoms with Crippen LogP contribution in [0.25, 0.3) is 6.08 Å². The van der Waals surface area contributed by atoms with Gasteiger partial charge in [0.05, 0.1) is 14.2 Å². The minimum atomic E-state index is -1.04. The molecule has 0 unspecified atom stereocenters. The molecule has 3 nitrogen and oxygen atoms in total. The molecule has 0 saturated heterocycles. The summed E-state index contributed by atoms with van der Waals surface area (Å²) in [4.78, 5) is 0. The molecule has 0 amide bonds. The molecule has 30 heavy (non-hydrogen) atoms.